The zero-order chi connectivity index (χ0) is 22.6. The molecule has 2 bridgehead atoms. The van der Waals surface area contributed by atoms with Crippen LogP contribution < -0.4 is 4.90 Å². The van der Waals surface area contributed by atoms with E-state index in [1.807, 2.05) is 12.1 Å². The van der Waals surface area contributed by atoms with Crippen molar-refractivity contribution in [2.75, 3.05) is 4.90 Å². The van der Waals surface area contributed by atoms with Crippen LogP contribution in [0, 0.1) is 23.7 Å². The first-order chi connectivity index (χ1) is 15.2. The monoisotopic (exact) mass is 429 g/mol. The van der Waals surface area contributed by atoms with Crippen molar-refractivity contribution in [3.8, 4) is 0 Å². The molecule has 5 rings (SSSR count). The molecule has 5 nitrogen and oxygen atoms in total. The third kappa shape index (κ3) is 3.36. The second kappa shape index (κ2) is 7.44. The van der Waals surface area contributed by atoms with Crippen molar-refractivity contribution < 1.29 is 19.1 Å². The maximum absolute atomic E-state index is 12.9. The number of imide groups is 1. The fourth-order valence-electron chi connectivity index (χ4n) is 5.24. The molecule has 0 aromatic heterocycles. The minimum absolute atomic E-state index is 0.0732. The number of carbonyl (C=O) groups is 3. The third-order valence-electron chi connectivity index (χ3n) is 7.02. The third-order valence-corrected chi connectivity index (χ3v) is 7.02. The second-order valence-corrected chi connectivity index (χ2v) is 10.1. The minimum Gasteiger partial charge on any atom is -0.457 e. The highest BCUT2D eigenvalue weighted by molar-refractivity contribution is 6.22. The number of anilines is 1. The van der Waals surface area contributed by atoms with E-state index in [0.29, 0.717) is 11.3 Å². The van der Waals surface area contributed by atoms with Gasteiger partial charge in [-0.05, 0) is 59.1 Å². The molecular weight excluding hydrogens is 402 g/mol. The lowest BCUT2D eigenvalue weighted by Crippen LogP contribution is -2.32. The average molecular weight is 430 g/mol. The van der Waals surface area contributed by atoms with Crippen LogP contribution in [0.2, 0.25) is 0 Å². The van der Waals surface area contributed by atoms with Gasteiger partial charge < -0.3 is 4.74 Å². The largest absolute Gasteiger partial charge is 0.457 e. The van der Waals surface area contributed by atoms with Crippen molar-refractivity contribution in [1.29, 1.82) is 0 Å². The Balaban J connectivity index is 1.24. The average Bonchev–Trinajstić information content (AvgIpc) is 3.45. The first-order valence-electron chi connectivity index (χ1n) is 11.2. The summed E-state index contributed by atoms with van der Waals surface area (Å²) in [6.45, 7) is 6.65. The summed E-state index contributed by atoms with van der Waals surface area (Å²) in [4.78, 5) is 39.6. The smallest absolute Gasteiger partial charge is 0.338 e. The number of ether oxygens (including phenoxy) is 1. The minimum atomic E-state index is -0.436. The van der Waals surface area contributed by atoms with Gasteiger partial charge in [-0.1, -0.05) is 57.2 Å². The van der Waals surface area contributed by atoms with Gasteiger partial charge in [0.05, 0.1) is 23.1 Å². The highest BCUT2D eigenvalue weighted by Gasteiger charge is 2.59. The van der Waals surface area contributed by atoms with E-state index >= 15 is 0 Å². The zero-order valence-corrected chi connectivity index (χ0v) is 18.6. The van der Waals surface area contributed by atoms with E-state index in [1.165, 1.54) is 10.5 Å². The lowest BCUT2D eigenvalue weighted by atomic mass is 9.85. The number of hydrogen-bond acceptors (Lipinski definition) is 4. The predicted octanol–water partition coefficient (Wildman–Crippen LogP) is 4.65. The number of amides is 2. The number of benzene rings is 2. The summed E-state index contributed by atoms with van der Waals surface area (Å²) in [7, 11) is 0. The second-order valence-electron chi connectivity index (χ2n) is 10.1. The molecule has 2 amide bonds. The van der Waals surface area contributed by atoms with Gasteiger partial charge in [-0.15, -0.1) is 0 Å². The van der Waals surface area contributed by atoms with Gasteiger partial charge in [0.1, 0.15) is 6.61 Å². The number of hydrogen-bond donors (Lipinski definition) is 0. The lowest BCUT2D eigenvalue weighted by molar-refractivity contribution is -0.123. The molecule has 1 aliphatic heterocycles. The molecule has 5 heteroatoms. The summed E-state index contributed by atoms with van der Waals surface area (Å²) in [6, 6.07) is 14.6. The van der Waals surface area contributed by atoms with Crippen molar-refractivity contribution in [3.63, 3.8) is 0 Å². The Morgan fingerprint density at radius 1 is 0.906 bits per heavy atom. The molecule has 2 aromatic carbocycles. The molecule has 3 aliphatic rings. The Bertz CT molecular complexity index is 1080. The van der Waals surface area contributed by atoms with Crippen molar-refractivity contribution in [2.45, 2.75) is 39.2 Å². The van der Waals surface area contributed by atoms with Crippen molar-refractivity contribution >= 4 is 23.5 Å². The van der Waals surface area contributed by atoms with Gasteiger partial charge in [-0.2, -0.15) is 0 Å². The Labute approximate surface area is 188 Å². The summed E-state index contributed by atoms with van der Waals surface area (Å²) in [5.41, 5.74) is 3.13. The number of carbonyl (C=O) groups excluding carboxylic acids is 3. The fourth-order valence-corrected chi connectivity index (χ4v) is 5.24. The van der Waals surface area contributed by atoms with Crippen LogP contribution in [0.25, 0.3) is 0 Å². The van der Waals surface area contributed by atoms with Gasteiger partial charge in [0.25, 0.3) is 0 Å². The number of allylic oxidation sites excluding steroid dienone is 2. The number of esters is 1. The van der Waals surface area contributed by atoms with Crippen molar-refractivity contribution in [3.05, 3.63) is 77.4 Å². The van der Waals surface area contributed by atoms with Gasteiger partial charge in [-0.3, -0.25) is 14.5 Å². The molecule has 2 aromatic rings. The Kier molecular flexibility index (Phi) is 4.81. The van der Waals surface area contributed by atoms with E-state index in [0.717, 1.165) is 12.0 Å². The predicted molar refractivity (Wildman–Crippen MR) is 121 cm³/mol. The van der Waals surface area contributed by atoms with Crippen LogP contribution in [0.1, 0.15) is 48.7 Å². The Hall–Kier alpha value is -3.21. The number of nitrogens with zero attached hydrogens (tertiary/aromatic N) is 1. The first-order valence-corrected chi connectivity index (χ1v) is 11.2. The van der Waals surface area contributed by atoms with Crippen LogP contribution in [0.4, 0.5) is 5.69 Å². The van der Waals surface area contributed by atoms with E-state index in [1.54, 1.807) is 24.3 Å². The standard InChI is InChI=1S/C27H27NO4/c1-27(2,3)20-10-4-16(5-11-20)15-32-26(31)17-8-12-21(13-9-17)28-24(29)22-18-6-7-19(14-18)23(22)25(28)30/h4-13,18-19,22-23H,14-15H2,1-3H3/t18-,19-,22+,23+/m0/s1. The number of fused-ring (bicyclic) bond motifs is 5. The number of rotatable bonds is 4. The van der Waals surface area contributed by atoms with Crippen molar-refractivity contribution in [1.82, 2.24) is 0 Å². The highest BCUT2D eigenvalue weighted by Crippen LogP contribution is 2.53. The van der Waals surface area contributed by atoms with Crippen LogP contribution in [0.15, 0.2) is 60.7 Å². The molecule has 0 spiro atoms. The van der Waals surface area contributed by atoms with E-state index < -0.39 is 5.97 Å². The van der Waals surface area contributed by atoms with Gasteiger partial charge in [0, 0.05) is 0 Å². The summed E-state index contributed by atoms with van der Waals surface area (Å²) < 4.78 is 5.45. The van der Waals surface area contributed by atoms with Crippen LogP contribution in [0.5, 0.6) is 0 Å². The SMILES string of the molecule is CC(C)(C)c1ccc(COC(=O)c2ccc(N3C(=O)[C@H]4[C@H](C3=O)[C@H]3C=C[C@H]4C3)cc2)cc1. The van der Waals surface area contributed by atoms with E-state index in [-0.39, 0.29) is 47.5 Å². The molecule has 1 saturated heterocycles. The molecule has 2 fully saturated rings. The van der Waals surface area contributed by atoms with E-state index in [9.17, 15) is 14.4 Å². The van der Waals surface area contributed by atoms with Gasteiger partial charge in [0.15, 0.2) is 0 Å². The van der Waals surface area contributed by atoms with Gasteiger partial charge in [0.2, 0.25) is 11.8 Å². The van der Waals surface area contributed by atoms with Crippen LogP contribution in [-0.2, 0) is 26.3 Å². The quantitative estimate of drug-likeness (QED) is 0.403. The molecule has 164 valence electrons. The van der Waals surface area contributed by atoms with E-state index in [2.05, 4.69) is 45.1 Å². The summed E-state index contributed by atoms with van der Waals surface area (Å²) in [5.74, 6) is -0.777. The maximum Gasteiger partial charge on any atom is 0.338 e. The van der Waals surface area contributed by atoms with E-state index in [4.69, 9.17) is 4.74 Å². The molecule has 0 unspecified atom stereocenters. The summed E-state index contributed by atoms with van der Waals surface area (Å²) in [5, 5.41) is 0. The zero-order valence-electron chi connectivity index (χ0n) is 18.6. The van der Waals surface area contributed by atoms with Crippen LogP contribution in [-0.4, -0.2) is 17.8 Å². The first kappa shape index (κ1) is 20.7. The fraction of sp³-hybridized carbons (Fsp3) is 0.370. The lowest BCUT2D eigenvalue weighted by Gasteiger charge is -2.19. The molecule has 2 aliphatic carbocycles. The normalized spacial score (nSPS) is 26.0. The topological polar surface area (TPSA) is 63.7 Å². The molecule has 1 saturated carbocycles. The molecule has 4 atom stereocenters. The molecular formula is C27H27NO4. The molecule has 1 heterocycles. The highest BCUT2D eigenvalue weighted by atomic mass is 16.5. The summed E-state index contributed by atoms with van der Waals surface area (Å²) in [6.07, 6.45) is 5.07. The molecule has 0 radical (unpaired) electrons. The Morgan fingerprint density at radius 2 is 1.47 bits per heavy atom. The Morgan fingerprint density at radius 3 is 2.00 bits per heavy atom. The maximum atomic E-state index is 12.9. The molecule has 32 heavy (non-hydrogen) atoms. The summed E-state index contributed by atoms with van der Waals surface area (Å²) >= 11 is 0. The van der Waals surface area contributed by atoms with Gasteiger partial charge >= 0.3 is 5.97 Å². The molecule has 0 N–H and O–H groups in total. The van der Waals surface area contributed by atoms with Gasteiger partial charge in [-0.25, -0.2) is 4.79 Å². The van der Waals surface area contributed by atoms with Crippen molar-refractivity contribution in [2.24, 2.45) is 23.7 Å². The van der Waals surface area contributed by atoms with Crippen LogP contribution >= 0.6 is 0 Å². The van der Waals surface area contributed by atoms with Crippen LogP contribution in [0.3, 0.4) is 0 Å².